The van der Waals surface area contributed by atoms with Crippen LogP contribution in [0, 0.1) is 13.8 Å². The van der Waals surface area contributed by atoms with Crippen molar-refractivity contribution in [1.82, 2.24) is 9.62 Å². The van der Waals surface area contributed by atoms with Gasteiger partial charge in [0.1, 0.15) is 5.75 Å². The van der Waals surface area contributed by atoms with Gasteiger partial charge in [0.25, 0.3) is 0 Å². The molecular formula is C22H27N3O5S. The fraction of sp³-hybridized carbons (Fsp3) is 0.364. The molecule has 0 unspecified atom stereocenters. The van der Waals surface area contributed by atoms with Gasteiger partial charge < -0.3 is 15.4 Å². The highest BCUT2D eigenvalue weighted by molar-refractivity contribution is 7.89. The highest BCUT2D eigenvalue weighted by Crippen LogP contribution is 2.27. The van der Waals surface area contributed by atoms with Gasteiger partial charge in [-0.05, 0) is 74.2 Å². The number of aryl methyl sites for hydroxylation is 2. The molecule has 0 bridgehead atoms. The van der Waals surface area contributed by atoms with Crippen molar-refractivity contribution in [3.8, 4) is 5.75 Å². The first-order valence-electron chi connectivity index (χ1n) is 10.0. The zero-order valence-corrected chi connectivity index (χ0v) is 18.7. The Labute approximate surface area is 182 Å². The normalized spacial score (nSPS) is 16.7. The van der Waals surface area contributed by atoms with E-state index in [-0.39, 0.29) is 11.4 Å². The van der Waals surface area contributed by atoms with Crippen LogP contribution in [0.3, 0.4) is 0 Å². The highest BCUT2D eigenvalue weighted by Gasteiger charge is 2.35. The van der Waals surface area contributed by atoms with Gasteiger partial charge in [-0.1, -0.05) is 6.07 Å². The number of sulfonamides is 1. The lowest BCUT2D eigenvalue weighted by atomic mass is 10.1. The van der Waals surface area contributed by atoms with Crippen LogP contribution in [0.4, 0.5) is 5.69 Å². The van der Waals surface area contributed by atoms with Gasteiger partial charge in [-0.25, -0.2) is 8.42 Å². The lowest BCUT2D eigenvalue weighted by molar-refractivity contribution is -0.136. The molecule has 31 heavy (non-hydrogen) atoms. The van der Waals surface area contributed by atoms with E-state index in [2.05, 4.69) is 10.6 Å². The number of amides is 2. The number of benzene rings is 2. The van der Waals surface area contributed by atoms with E-state index in [0.29, 0.717) is 30.8 Å². The van der Waals surface area contributed by atoms with Gasteiger partial charge >= 0.3 is 11.8 Å². The van der Waals surface area contributed by atoms with Crippen LogP contribution in [0.5, 0.6) is 5.75 Å². The Morgan fingerprint density at radius 3 is 2.42 bits per heavy atom. The fourth-order valence-corrected chi connectivity index (χ4v) is 5.20. The summed E-state index contributed by atoms with van der Waals surface area (Å²) in [5.41, 5.74) is 2.62. The van der Waals surface area contributed by atoms with E-state index in [1.165, 1.54) is 23.5 Å². The summed E-state index contributed by atoms with van der Waals surface area (Å²) in [6.07, 6.45) is 1.29. The zero-order valence-electron chi connectivity index (χ0n) is 17.8. The highest BCUT2D eigenvalue weighted by atomic mass is 32.2. The Morgan fingerprint density at radius 2 is 1.77 bits per heavy atom. The summed E-state index contributed by atoms with van der Waals surface area (Å²) >= 11 is 0. The van der Waals surface area contributed by atoms with Gasteiger partial charge in [-0.3, -0.25) is 9.59 Å². The molecule has 166 valence electrons. The third-order valence-corrected chi connectivity index (χ3v) is 7.42. The van der Waals surface area contributed by atoms with Crippen LogP contribution in [0.15, 0.2) is 47.4 Å². The molecule has 0 spiro atoms. The monoisotopic (exact) mass is 445 g/mol. The minimum Gasteiger partial charge on any atom is -0.497 e. The first-order chi connectivity index (χ1) is 14.7. The van der Waals surface area contributed by atoms with E-state index in [9.17, 15) is 18.0 Å². The quantitative estimate of drug-likeness (QED) is 0.664. The molecule has 1 heterocycles. The van der Waals surface area contributed by atoms with Gasteiger partial charge in [0, 0.05) is 24.8 Å². The topological polar surface area (TPSA) is 105 Å². The van der Waals surface area contributed by atoms with Crippen molar-refractivity contribution in [2.45, 2.75) is 37.6 Å². The molecular weight excluding hydrogens is 418 g/mol. The summed E-state index contributed by atoms with van der Waals surface area (Å²) in [5, 5.41) is 5.13. The third kappa shape index (κ3) is 5.23. The maximum absolute atomic E-state index is 13.0. The van der Waals surface area contributed by atoms with Crippen molar-refractivity contribution in [2.75, 3.05) is 25.5 Å². The van der Waals surface area contributed by atoms with Crippen LogP contribution in [-0.2, 0) is 19.6 Å². The summed E-state index contributed by atoms with van der Waals surface area (Å²) in [5.74, 6) is -1.02. The Bertz CT molecular complexity index is 1070. The number of nitrogens with one attached hydrogen (secondary N) is 2. The standard InChI is InChI=1S/C22H27N3O5S/c1-15-6-7-17(13-16(15)2)24-22(27)21(26)23-14-18-5-4-12-25(18)31(28,29)20-10-8-19(30-3)9-11-20/h6-11,13,18H,4-5,12,14H2,1-3H3,(H,23,26)(H,24,27)/t18-/m0/s1. The Hall–Kier alpha value is -2.91. The first kappa shape index (κ1) is 22.8. The Kier molecular flexibility index (Phi) is 6.97. The summed E-state index contributed by atoms with van der Waals surface area (Å²) in [6.45, 7) is 4.31. The zero-order chi connectivity index (χ0) is 22.6. The van der Waals surface area contributed by atoms with Gasteiger partial charge in [0.05, 0.1) is 12.0 Å². The van der Waals surface area contributed by atoms with Crippen molar-refractivity contribution >= 4 is 27.5 Å². The van der Waals surface area contributed by atoms with Gasteiger partial charge in [0.2, 0.25) is 10.0 Å². The molecule has 0 aliphatic carbocycles. The second kappa shape index (κ2) is 9.49. The van der Waals surface area contributed by atoms with Gasteiger partial charge in [-0.15, -0.1) is 0 Å². The van der Waals surface area contributed by atoms with Gasteiger partial charge in [0.15, 0.2) is 0 Å². The van der Waals surface area contributed by atoms with E-state index in [0.717, 1.165) is 11.1 Å². The molecule has 1 aliphatic rings. The van der Waals surface area contributed by atoms with Crippen LogP contribution < -0.4 is 15.4 Å². The lowest BCUT2D eigenvalue weighted by Crippen LogP contribution is -2.45. The predicted octanol–water partition coefficient (Wildman–Crippen LogP) is 2.22. The summed E-state index contributed by atoms with van der Waals surface area (Å²) in [7, 11) is -2.20. The van der Waals surface area contributed by atoms with Crippen LogP contribution in [0.2, 0.25) is 0 Å². The summed E-state index contributed by atoms with van der Waals surface area (Å²) in [4.78, 5) is 24.6. The van der Waals surface area contributed by atoms with Crippen LogP contribution in [-0.4, -0.2) is 50.8 Å². The minimum atomic E-state index is -3.71. The van der Waals surface area contributed by atoms with Crippen molar-refractivity contribution < 1.29 is 22.7 Å². The van der Waals surface area contributed by atoms with Crippen LogP contribution >= 0.6 is 0 Å². The minimum absolute atomic E-state index is 0.0641. The molecule has 1 atom stereocenters. The number of hydrogen-bond acceptors (Lipinski definition) is 5. The molecule has 0 radical (unpaired) electrons. The molecule has 1 fully saturated rings. The molecule has 0 aromatic heterocycles. The number of anilines is 1. The number of rotatable bonds is 6. The second-order valence-corrected chi connectivity index (χ2v) is 9.44. The molecule has 1 saturated heterocycles. The maximum atomic E-state index is 13.0. The van der Waals surface area contributed by atoms with E-state index in [1.807, 2.05) is 19.9 Å². The molecule has 9 heteroatoms. The molecule has 2 aromatic carbocycles. The molecule has 1 aliphatic heterocycles. The van der Waals surface area contributed by atoms with Gasteiger partial charge in [-0.2, -0.15) is 4.31 Å². The van der Waals surface area contributed by atoms with E-state index in [1.54, 1.807) is 24.3 Å². The molecule has 2 amide bonds. The molecule has 3 rings (SSSR count). The predicted molar refractivity (Wildman–Crippen MR) is 117 cm³/mol. The largest absolute Gasteiger partial charge is 0.497 e. The molecule has 2 N–H and O–H groups in total. The smallest absolute Gasteiger partial charge is 0.313 e. The second-order valence-electron chi connectivity index (χ2n) is 7.55. The number of hydrogen-bond donors (Lipinski definition) is 2. The van der Waals surface area contributed by atoms with E-state index in [4.69, 9.17) is 4.74 Å². The molecule has 0 saturated carbocycles. The molecule has 2 aromatic rings. The van der Waals surface area contributed by atoms with E-state index < -0.39 is 27.9 Å². The summed E-state index contributed by atoms with van der Waals surface area (Å²) < 4.78 is 32.5. The maximum Gasteiger partial charge on any atom is 0.313 e. The van der Waals surface area contributed by atoms with Crippen molar-refractivity contribution in [2.24, 2.45) is 0 Å². The number of nitrogens with zero attached hydrogens (tertiary/aromatic N) is 1. The number of carbonyl (C=O) groups excluding carboxylic acids is 2. The van der Waals surface area contributed by atoms with Crippen LogP contribution in [0.25, 0.3) is 0 Å². The Balaban J connectivity index is 1.61. The van der Waals surface area contributed by atoms with Crippen LogP contribution in [0.1, 0.15) is 24.0 Å². The number of methoxy groups -OCH3 is 1. The fourth-order valence-electron chi connectivity index (χ4n) is 3.51. The number of ether oxygens (including phenoxy) is 1. The van der Waals surface area contributed by atoms with Crippen molar-refractivity contribution in [3.05, 3.63) is 53.6 Å². The Morgan fingerprint density at radius 1 is 1.06 bits per heavy atom. The lowest BCUT2D eigenvalue weighted by Gasteiger charge is -2.24. The average molecular weight is 446 g/mol. The number of carbonyl (C=O) groups is 2. The third-order valence-electron chi connectivity index (χ3n) is 5.46. The SMILES string of the molecule is COc1ccc(S(=O)(=O)N2CCC[C@H]2CNC(=O)C(=O)Nc2ccc(C)c(C)c2)cc1. The summed E-state index contributed by atoms with van der Waals surface area (Å²) in [6, 6.07) is 11.2. The first-order valence-corrected chi connectivity index (χ1v) is 11.5. The average Bonchev–Trinajstić information content (AvgIpc) is 3.24. The van der Waals surface area contributed by atoms with Crippen molar-refractivity contribution in [3.63, 3.8) is 0 Å². The van der Waals surface area contributed by atoms with Crippen molar-refractivity contribution in [1.29, 1.82) is 0 Å². The molecule has 8 nitrogen and oxygen atoms in total. The van der Waals surface area contributed by atoms with E-state index >= 15 is 0 Å².